The van der Waals surface area contributed by atoms with Crippen LogP contribution in [-0.2, 0) is 23.2 Å². The first-order valence-corrected chi connectivity index (χ1v) is 13.9. The zero-order valence-electron chi connectivity index (χ0n) is 19.2. The number of carbonyl (C=O) groups excluding carboxylic acids is 1. The Labute approximate surface area is 220 Å². The minimum absolute atomic E-state index is 0.121. The molecule has 0 unspecified atom stereocenters. The van der Waals surface area contributed by atoms with Gasteiger partial charge in [-0.2, -0.15) is 0 Å². The van der Waals surface area contributed by atoms with Gasteiger partial charge in [-0.05, 0) is 71.9 Å². The smallest absolute Gasteiger partial charge is 0.256 e. The zero-order chi connectivity index (χ0) is 24.9. The van der Waals surface area contributed by atoms with Gasteiger partial charge in [-0.3, -0.25) is 9.59 Å². The Morgan fingerprint density at radius 2 is 2.08 bits per heavy atom. The second kappa shape index (κ2) is 9.23. The van der Waals surface area contributed by atoms with Crippen molar-refractivity contribution in [1.29, 1.82) is 0 Å². The van der Waals surface area contributed by atoms with Gasteiger partial charge in [-0.1, -0.05) is 23.7 Å². The molecule has 10 heteroatoms. The molecule has 2 aliphatic rings. The highest BCUT2D eigenvalue weighted by Gasteiger charge is 2.50. The van der Waals surface area contributed by atoms with Gasteiger partial charge in [-0.15, -0.1) is 11.3 Å². The summed E-state index contributed by atoms with van der Waals surface area (Å²) in [7, 11) is 0. The van der Waals surface area contributed by atoms with Crippen LogP contribution < -0.4 is 5.56 Å². The zero-order valence-corrected chi connectivity index (χ0v) is 21.6. The molecule has 6 rings (SSSR count). The van der Waals surface area contributed by atoms with Crippen molar-refractivity contribution in [3.8, 4) is 11.1 Å². The molecule has 0 spiro atoms. The van der Waals surface area contributed by atoms with E-state index in [1.807, 2.05) is 11.6 Å². The van der Waals surface area contributed by atoms with Crippen LogP contribution in [0.5, 0.6) is 0 Å². The minimum atomic E-state index is -1.34. The Bertz CT molecular complexity index is 1490. The van der Waals surface area contributed by atoms with Crippen LogP contribution >= 0.6 is 34.5 Å². The van der Waals surface area contributed by atoms with Crippen molar-refractivity contribution in [2.24, 2.45) is 0 Å². The SMILES string of the molecule is O=C([C@H](O)c1cccc(Cl)c1)N1CCCc2nc(C3(c4cc(-c5cnsc5)cs4)CC3)[nH]c(=O)c2C1. The number of benzene rings is 1. The summed E-state index contributed by atoms with van der Waals surface area (Å²) in [6, 6.07) is 8.82. The quantitative estimate of drug-likeness (QED) is 0.384. The van der Waals surface area contributed by atoms with Crippen molar-refractivity contribution >= 4 is 40.4 Å². The number of fused-ring (bicyclic) bond motifs is 1. The number of H-pyrrole nitrogens is 1. The number of thiophene rings is 1. The lowest BCUT2D eigenvalue weighted by molar-refractivity contribution is -0.141. The summed E-state index contributed by atoms with van der Waals surface area (Å²) in [5, 5.41) is 15.3. The third-order valence-corrected chi connectivity index (χ3v) is 9.00. The molecule has 3 aromatic heterocycles. The minimum Gasteiger partial charge on any atom is -0.378 e. The fraction of sp³-hybridized carbons (Fsp3) is 0.308. The molecule has 1 fully saturated rings. The van der Waals surface area contributed by atoms with E-state index in [0.29, 0.717) is 41.4 Å². The summed E-state index contributed by atoms with van der Waals surface area (Å²) in [6.07, 6.45) is 3.68. The van der Waals surface area contributed by atoms with E-state index in [9.17, 15) is 14.7 Å². The van der Waals surface area contributed by atoms with Crippen LogP contribution in [0.2, 0.25) is 5.02 Å². The van der Waals surface area contributed by atoms with Gasteiger partial charge in [0, 0.05) is 33.6 Å². The number of aliphatic hydroxyl groups excluding tert-OH is 1. The number of amides is 1. The van der Waals surface area contributed by atoms with E-state index in [2.05, 4.69) is 20.8 Å². The number of aromatic nitrogens is 3. The Balaban J connectivity index is 1.27. The Kier molecular flexibility index (Phi) is 6.03. The molecular formula is C26H23ClN4O3S2. The lowest BCUT2D eigenvalue weighted by Gasteiger charge is -2.24. The van der Waals surface area contributed by atoms with E-state index < -0.39 is 12.0 Å². The van der Waals surface area contributed by atoms with Gasteiger partial charge in [0.25, 0.3) is 11.5 Å². The number of halogens is 1. The van der Waals surface area contributed by atoms with Gasteiger partial charge < -0.3 is 15.0 Å². The molecule has 1 amide bonds. The number of carbonyl (C=O) groups is 1. The van der Waals surface area contributed by atoms with Crippen LogP contribution in [0, 0.1) is 0 Å². The summed E-state index contributed by atoms with van der Waals surface area (Å²) in [5.74, 6) is 0.267. The Morgan fingerprint density at radius 1 is 1.22 bits per heavy atom. The molecule has 2 N–H and O–H groups in total. The average molecular weight is 539 g/mol. The van der Waals surface area contributed by atoms with E-state index >= 15 is 0 Å². The summed E-state index contributed by atoms with van der Waals surface area (Å²) in [6.45, 7) is 0.561. The normalized spacial score (nSPS) is 17.3. The first-order valence-electron chi connectivity index (χ1n) is 11.8. The highest BCUT2D eigenvalue weighted by molar-refractivity contribution is 7.10. The number of hydrogen-bond donors (Lipinski definition) is 2. The van der Waals surface area contributed by atoms with Crippen molar-refractivity contribution in [3.63, 3.8) is 0 Å². The second-order valence-corrected chi connectivity index (χ2v) is 11.4. The Hall–Kier alpha value is -2.85. The summed E-state index contributed by atoms with van der Waals surface area (Å²) < 4.78 is 4.20. The van der Waals surface area contributed by atoms with Crippen LogP contribution in [-0.4, -0.2) is 36.8 Å². The molecule has 4 aromatic rings. The molecule has 0 bridgehead atoms. The largest absolute Gasteiger partial charge is 0.378 e. The molecule has 4 heterocycles. The van der Waals surface area contributed by atoms with Gasteiger partial charge in [0.15, 0.2) is 6.10 Å². The molecule has 1 saturated carbocycles. The van der Waals surface area contributed by atoms with Crippen molar-refractivity contribution in [1.82, 2.24) is 19.2 Å². The number of aryl methyl sites for hydroxylation is 1. The van der Waals surface area contributed by atoms with Crippen LogP contribution in [0.3, 0.4) is 0 Å². The molecule has 1 atom stereocenters. The molecular weight excluding hydrogens is 516 g/mol. The van der Waals surface area contributed by atoms with Gasteiger partial charge in [0.1, 0.15) is 5.82 Å². The summed E-state index contributed by atoms with van der Waals surface area (Å²) in [5.41, 5.74) is 3.44. The highest BCUT2D eigenvalue weighted by Crippen LogP contribution is 2.54. The topological polar surface area (TPSA) is 99.2 Å². The maximum atomic E-state index is 13.3. The summed E-state index contributed by atoms with van der Waals surface area (Å²) in [4.78, 5) is 37.1. The van der Waals surface area contributed by atoms with Gasteiger partial charge in [0.05, 0.1) is 23.2 Å². The van der Waals surface area contributed by atoms with E-state index in [0.717, 1.165) is 29.7 Å². The van der Waals surface area contributed by atoms with Crippen LogP contribution in [0.25, 0.3) is 11.1 Å². The average Bonchev–Trinajstić information content (AvgIpc) is 3.30. The lowest BCUT2D eigenvalue weighted by Crippen LogP contribution is -2.36. The van der Waals surface area contributed by atoms with Crippen molar-refractivity contribution < 1.29 is 9.90 Å². The maximum Gasteiger partial charge on any atom is 0.256 e. The number of aliphatic hydroxyl groups is 1. The van der Waals surface area contributed by atoms with Crippen LogP contribution in [0.15, 0.2) is 52.1 Å². The van der Waals surface area contributed by atoms with E-state index in [4.69, 9.17) is 16.6 Å². The van der Waals surface area contributed by atoms with E-state index in [-0.39, 0.29) is 17.5 Å². The van der Waals surface area contributed by atoms with Gasteiger partial charge in [0.2, 0.25) is 0 Å². The predicted molar refractivity (Wildman–Crippen MR) is 140 cm³/mol. The van der Waals surface area contributed by atoms with E-state index in [1.54, 1.807) is 40.5 Å². The number of hydrogen-bond acceptors (Lipinski definition) is 7. The number of aromatic amines is 1. The second-order valence-electron chi connectivity index (χ2n) is 9.36. The van der Waals surface area contributed by atoms with Crippen molar-refractivity contribution in [3.05, 3.63) is 90.2 Å². The van der Waals surface area contributed by atoms with Crippen LogP contribution in [0.4, 0.5) is 0 Å². The monoisotopic (exact) mass is 538 g/mol. The standard InChI is InChI=1S/C26H23ClN4O3S2/c27-18-4-1-3-15(9-18)22(32)24(34)31-8-2-5-20-19(12-31)23(33)30-25(29-20)26(6-7-26)21-10-16(13-35-21)17-11-28-36-14-17/h1,3-4,9-11,13-14,22,32H,2,5-8,12H2,(H,29,30,33)/t22-/m1/s1. The van der Waals surface area contributed by atoms with E-state index in [1.165, 1.54) is 16.4 Å². The molecule has 1 aromatic carbocycles. The first kappa shape index (κ1) is 23.5. The lowest BCUT2D eigenvalue weighted by atomic mass is 10.0. The van der Waals surface area contributed by atoms with Crippen molar-refractivity contribution in [2.75, 3.05) is 6.54 Å². The van der Waals surface area contributed by atoms with Crippen LogP contribution in [0.1, 0.15) is 52.9 Å². The molecule has 0 saturated heterocycles. The highest BCUT2D eigenvalue weighted by atomic mass is 35.5. The number of nitrogens with zero attached hydrogens (tertiary/aromatic N) is 3. The first-order chi connectivity index (χ1) is 17.4. The third-order valence-electron chi connectivity index (χ3n) is 7.04. The summed E-state index contributed by atoms with van der Waals surface area (Å²) >= 11 is 9.15. The maximum absolute atomic E-state index is 13.3. The number of nitrogens with one attached hydrogen (secondary N) is 1. The molecule has 1 aliphatic heterocycles. The van der Waals surface area contributed by atoms with Gasteiger partial charge >= 0.3 is 0 Å². The number of rotatable bonds is 5. The predicted octanol–water partition coefficient (Wildman–Crippen LogP) is 4.70. The third kappa shape index (κ3) is 4.20. The van der Waals surface area contributed by atoms with Crippen molar-refractivity contribution in [2.45, 2.75) is 43.7 Å². The molecule has 36 heavy (non-hydrogen) atoms. The Morgan fingerprint density at radius 3 is 2.83 bits per heavy atom. The fourth-order valence-electron chi connectivity index (χ4n) is 4.84. The molecule has 1 aliphatic carbocycles. The van der Waals surface area contributed by atoms with Gasteiger partial charge in [-0.25, -0.2) is 9.36 Å². The fourth-order valence-corrected chi connectivity index (χ4v) is 6.76. The molecule has 7 nitrogen and oxygen atoms in total. The molecule has 184 valence electrons. The molecule has 0 radical (unpaired) electrons.